The van der Waals surface area contributed by atoms with E-state index in [1.165, 1.54) is 5.56 Å². The van der Waals surface area contributed by atoms with Crippen molar-refractivity contribution < 1.29 is 4.42 Å². The van der Waals surface area contributed by atoms with Crippen LogP contribution in [0.15, 0.2) is 57.9 Å². The van der Waals surface area contributed by atoms with Gasteiger partial charge in [0.25, 0.3) is 0 Å². The van der Waals surface area contributed by atoms with Gasteiger partial charge in [0.1, 0.15) is 5.69 Å². The fourth-order valence-corrected chi connectivity index (χ4v) is 2.18. The average Bonchev–Trinajstić information content (AvgIpc) is 3.01. The minimum Gasteiger partial charge on any atom is -0.472 e. The number of hydrogen-bond donors (Lipinski definition) is 1. The Balaban J connectivity index is 1.87. The van der Waals surface area contributed by atoms with Gasteiger partial charge in [0.15, 0.2) is 0 Å². The molecule has 0 fully saturated rings. The molecule has 0 saturated heterocycles. The van der Waals surface area contributed by atoms with Crippen LogP contribution < -0.4 is 5.73 Å². The number of rotatable bonds is 3. The minimum atomic E-state index is 0.651. The summed E-state index contributed by atoms with van der Waals surface area (Å²) in [5.41, 5.74) is 9.45. The first-order chi connectivity index (χ1) is 9.22. The Labute approximate surface area is 119 Å². The summed E-state index contributed by atoms with van der Waals surface area (Å²) in [6.07, 6.45) is 5.09. The Hall–Kier alpha value is -2.01. The zero-order valence-electron chi connectivity index (χ0n) is 10.1. The molecule has 96 valence electrons. The molecule has 1 aromatic carbocycles. The number of aromatic nitrogens is 2. The van der Waals surface area contributed by atoms with Crippen LogP contribution in [-0.4, -0.2) is 9.78 Å². The summed E-state index contributed by atoms with van der Waals surface area (Å²) in [6.45, 7) is 0.690. The van der Waals surface area contributed by atoms with Gasteiger partial charge in [0, 0.05) is 16.2 Å². The molecule has 0 spiro atoms. The summed E-state index contributed by atoms with van der Waals surface area (Å²) < 4.78 is 7.95. The maximum atomic E-state index is 5.98. The Bertz CT molecular complexity index is 671. The molecule has 3 aromatic rings. The second-order valence-electron chi connectivity index (χ2n) is 4.27. The molecule has 0 bridgehead atoms. The lowest BCUT2D eigenvalue weighted by Crippen LogP contribution is -2.00. The van der Waals surface area contributed by atoms with E-state index in [0.717, 1.165) is 15.7 Å². The molecule has 0 atom stereocenters. The smallest absolute Gasteiger partial charge is 0.118 e. The van der Waals surface area contributed by atoms with Gasteiger partial charge in [-0.15, -0.1) is 0 Å². The molecule has 2 aromatic heterocycles. The number of furan rings is 1. The predicted octanol–water partition coefficient (Wildman–Crippen LogP) is 3.54. The maximum Gasteiger partial charge on any atom is 0.118 e. The zero-order valence-corrected chi connectivity index (χ0v) is 11.7. The fraction of sp³-hybridized carbons (Fsp3) is 0.0714. The molecule has 2 heterocycles. The molecule has 0 saturated carbocycles. The van der Waals surface area contributed by atoms with Crippen LogP contribution in [0, 0.1) is 0 Å². The van der Waals surface area contributed by atoms with Crippen molar-refractivity contribution in [2.45, 2.75) is 6.54 Å². The number of halogens is 1. The van der Waals surface area contributed by atoms with Crippen molar-refractivity contribution in [1.29, 1.82) is 0 Å². The lowest BCUT2D eigenvalue weighted by atomic mass is 10.2. The van der Waals surface area contributed by atoms with Crippen LogP contribution in [-0.2, 0) is 6.54 Å². The van der Waals surface area contributed by atoms with E-state index in [9.17, 15) is 0 Å². The normalized spacial score (nSPS) is 10.8. The highest BCUT2D eigenvalue weighted by atomic mass is 79.9. The first-order valence-electron chi connectivity index (χ1n) is 5.82. The van der Waals surface area contributed by atoms with Crippen molar-refractivity contribution in [2.24, 2.45) is 0 Å². The number of nitrogens with two attached hydrogens (primary N) is 1. The number of nitrogen functional groups attached to an aromatic ring is 1. The highest BCUT2D eigenvalue weighted by Gasteiger charge is 2.09. The lowest BCUT2D eigenvalue weighted by molar-refractivity contribution is 0.568. The number of benzene rings is 1. The summed E-state index contributed by atoms with van der Waals surface area (Å²) in [5, 5.41) is 4.49. The van der Waals surface area contributed by atoms with Gasteiger partial charge in [-0.05, 0) is 23.8 Å². The van der Waals surface area contributed by atoms with E-state index < -0.39 is 0 Å². The van der Waals surface area contributed by atoms with Crippen molar-refractivity contribution in [3.63, 3.8) is 0 Å². The molecule has 0 aliphatic rings. The van der Waals surface area contributed by atoms with Crippen molar-refractivity contribution in [2.75, 3.05) is 5.73 Å². The number of hydrogen-bond acceptors (Lipinski definition) is 3. The third-order valence-corrected chi connectivity index (χ3v) is 3.37. The molecular formula is C14H12BrN3O. The van der Waals surface area contributed by atoms with Gasteiger partial charge in [-0.25, -0.2) is 0 Å². The van der Waals surface area contributed by atoms with Crippen LogP contribution in [0.3, 0.4) is 0 Å². The molecule has 0 unspecified atom stereocenters. The molecule has 0 amide bonds. The second-order valence-corrected chi connectivity index (χ2v) is 5.18. The first-order valence-corrected chi connectivity index (χ1v) is 6.61. The van der Waals surface area contributed by atoms with Crippen LogP contribution in [0.4, 0.5) is 5.69 Å². The fourth-order valence-electron chi connectivity index (χ4n) is 1.92. The molecule has 5 heteroatoms. The Morgan fingerprint density at radius 2 is 2.00 bits per heavy atom. The molecule has 0 aliphatic heterocycles. The van der Waals surface area contributed by atoms with Crippen LogP contribution in [0.5, 0.6) is 0 Å². The summed E-state index contributed by atoms with van der Waals surface area (Å²) in [4.78, 5) is 0. The average molecular weight is 318 g/mol. The molecular weight excluding hydrogens is 306 g/mol. The van der Waals surface area contributed by atoms with Gasteiger partial charge in [-0.3, -0.25) is 4.68 Å². The van der Waals surface area contributed by atoms with Gasteiger partial charge >= 0.3 is 0 Å². The highest BCUT2D eigenvalue weighted by Crippen LogP contribution is 2.24. The van der Waals surface area contributed by atoms with Crippen molar-refractivity contribution in [3.8, 4) is 11.3 Å². The lowest BCUT2D eigenvalue weighted by Gasteiger charge is -2.01. The number of anilines is 1. The largest absolute Gasteiger partial charge is 0.472 e. The Kier molecular flexibility index (Phi) is 3.13. The number of nitrogens with zero attached hydrogens (tertiary/aromatic N) is 2. The minimum absolute atomic E-state index is 0.651. The van der Waals surface area contributed by atoms with Crippen LogP contribution >= 0.6 is 15.9 Å². The topological polar surface area (TPSA) is 57.0 Å². The molecule has 0 aliphatic carbocycles. The molecule has 0 radical (unpaired) electrons. The van der Waals surface area contributed by atoms with E-state index in [1.807, 2.05) is 29.1 Å². The summed E-state index contributed by atoms with van der Waals surface area (Å²) in [6, 6.07) is 9.99. The Morgan fingerprint density at radius 1 is 1.21 bits per heavy atom. The Morgan fingerprint density at radius 3 is 2.68 bits per heavy atom. The van der Waals surface area contributed by atoms with Gasteiger partial charge in [0.2, 0.25) is 0 Å². The second kappa shape index (κ2) is 4.93. The van der Waals surface area contributed by atoms with Crippen molar-refractivity contribution in [1.82, 2.24) is 9.78 Å². The first kappa shape index (κ1) is 12.0. The van der Waals surface area contributed by atoms with Crippen molar-refractivity contribution >= 4 is 21.6 Å². The summed E-state index contributed by atoms with van der Waals surface area (Å²) in [5.74, 6) is 0. The molecule has 3 rings (SSSR count). The third kappa shape index (κ3) is 2.56. The third-order valence-electron chi connectivity index (χ3n) is 2.84. The molecule has 4 nitrogen and oxygen atoms in total. The quantitative estimate of drug-likeness (QED) is 0.803. The van der Waals surface area contributed by atoms with E-state index in [4.69, 9.17) is 10.2 Å². The standard InChI is InChI=1S/C14H12BrN3O/c15-12-3-1-10(2-4-12)7-18-8-13(16)14(17-18)11-5-6-19-9-11/h1-6,8-9H,7,16H2. The monoisotopic (exact) mass is 317 g/mol. The highest BCUT2D eigenvalue weighted by molar-refractivity contribution is 9.10. The van der Waals surface area contributed by atoms with Crippen molar-refractivity contribution in [3.05, 3.63) is 59.1 Å². The van der Waals surface area contributed by atoms with Crippen LogP contribution in [0.25, 0.3) is 11.3 Å². The van der Waals surface area contributed by atoms with Gasteiger partial charge < -0.3 is 10.2 Å². The van der Waals surface area contributed by atoms with Crippen LogP contribution in [0.2, 0.25) is 0 Å². The summed E-state index contributed by atoms with van der Waals surface area (Å²) in [7, 11) is 0. The summed E-state index contributed by atoms with van der Waals surface area (Å²) >= 11 is 3.42. The maximum absolute atomic E-state index is 5.98. The van der Waals surface area contributed by atoms with Crippen LogP contribution in [0.1, 0.15) is 5.56 Å². The van der Waals surface area contributed by atoms with E-state index in [2.05, 4.69) is 33.2 Å². The molecule has 19 heavy (non-hydrogen) atoms. The van der Waals surface area contributed by atoms with E-state index in [1.54, 1.807) is 12.5 Å². The molecule has 2 N–H and O–H groups in total. The predicted molar refractivity (Wildman–Crippen MR) is 77.6 cm³/mol. The van der Waals surface area contributed by atoms with Gasteiger partial charge in [-0.1, -0.05) is 28.1 Å². The van der Waals surface area contributed by atoms with E-state index >= 15 is 0 Å². The van der Waals surface area contributed by atoms with Gasteiger partial charge in [-0.2, -0.15) is 5.10 Å². The van der Waals surface area contributed by atoms with E-state index in [-0.39, 0.29) is 0 Å². The zero-order chi connectivity index (χ0) is 13.2. The van der Waals surface area contributed by atoms with Gasteiger partial charge in [0.05, 0.1) is 24.8 Å². The SMILES string of the molecule is Nc1cn(Cc2ccc(Br)cc2)nc1-c1ccoc1. The van der Waals surface area contributed by atoms with E-state index in [0.29, 0.717) is 12.2 Å².